The minimum absolute atomic E-state index is 0.00731. The number of carbonyl (C=O) groups is 1. The molecule has 0 unspecified atom stereocenters. The SMILES string of the molecule is CC(C)(CCCO)CNC(=O)c1ccc2c(c1)NCC2. The molecule has 1 heterocycles. The molecule has 0 bridgehead atoms. The molecule has 4 nitrogen and oxygen atoms in total. The number of amides is 1. The first-order valence-corrected chi connectivity index (χ1v) is 7.28. The summed E-state index contributed by atoms with van der Waals surface area (Å²) in [5.74, 6) is -0.0291. The molecule has 0 spiro atoms. The number of anilines is 1. The van der Waals surface area contributed by atoms with Gasteiger partial charge in [0, 0.05) is 30.9 Å². The summed E-state index contributed by atoms with van der Waals surface area (Å²) in [4.78, 5) is 12.2. The van der Waals surface area contributed by atoms with Gasteiger partial charge in [-0.3, -0.25) is 4.79 Å². The van der Waals surface area contributed by atoms with Crippen molar-refractivity contribution < 1.29 is 9.90 Å². The van der Waals surface area contributed by atoms with Crippen LogP contribution in [0.4, 0.5) is 5.69 Å². The molecule has 0 aliphatic carbocycles. The highest BCUT2D eigenvalue weighted by molar-refractivity contribution is 5.95. The summed E-state index contributed by atoms with van der Waals surface area (Å²) in [6.07, 6.45) is 2.70. The summed E-state index contributed by atoms with van der Waals surface area (Å²) in [6.45, 7) is 5.99. The molecule has 0 saturated heterocycles. The van der Waals surface area contributed by atoms with Crippen LogP contribution in [0.15, 0.2) is 18.2 Å². The average Bonchev–Trinajstić information content (AvgIpc) is 2.90. The van der Waals surface area contributed by atoms with E-state index in [1.54, 1.807) is 0 Å². The summed E-state index contributed by atoms with van der Waals surface area (Å²) in [5, 5.41) is 15.2. The van der Waals surface area contributed by atoms with Crippen molar-refractivity contribution in [3.05, 3.63) is 29.3 Å². The highest BCUT2D eigenvalue weighted by atomic mass is 16.2. The van der Waals surface area contributed by atoms with E-state index in [9.17, 15) is 4.79 Å². The third-order valence-electron chi connectivity index (χ3n) is 3.82. The van der Waals surface area contributed by atoms with Crippen LogP contribution >= 0.6 is 0 Å². The minimum Gasteiger partial charge on any atom is -0.396 e. The second-order valence-corrected chi connectivity index (χ2v) is 6.22. The van der Waals surface area contributed by atoms with Crippen molar-refractivity contribution in [2.24, 2.45) is 5.41 Å². The second kappa shape index (κ2) is 6.27. The molecule has 3 N–H and O–H groups in total. The summed E-state index contributed by atoms with van der Waals surface area (Å²) >= 11 is 0. The van der Waals surface area contributed by atoms with Crippen molar-refractivity contribution in [3.8, 4) is 0 Å². The van der Waals surface area contributed by atoms with Gasteiger partial charge in [0.05, 0.1) is 0 Å². The Kier molecular flexibility index (Phi) is 4.65. The third-order valence-corrected chi connectivity index (χ3v) is 3.82. The van der Waals surface area contributed by atoms with Gasteiger partial charge in [0.25, 0.3) is 5.91 Å². The molecule has 1 aliphatic rings. The molecule has 0 radical (unpaired) electrons. The summed E-state index contributed by atoms with van der Waals surface area (Å²) in [7, 11) is 0. The van der Waals surface area contributed by atoms with Gasteiger partial charge in [-0.15, -0.1) is 0 Å². The van der Waals surface area contributed by atoms with Gasteiger partial charge < -0.3 is 15.7 Å². The molecule has 110 valence electrons. The summed E-state index contributed by atoms with van der Waals surface area (Å²) in [6, 6.07) is 5.85. The zero-order valence-corrected chi connectivity index (χ0v) is 12.3. The number of hydrogen-bond donors (Lipinski definition) is 3. The van der Waals surface area contributed by atoms with Crippen molar-refractivity contribution in [1.82, 2.24) is 5.32 Å². The topological polar surface area (TPSA) is 61.4 Å². The lowest BCUT2D eigenvalue weighted by molar-refractivity contribution is 0.0933. The van der Waals surface area contributed by atoms with Crippen molar-refractivity contribution in [2.45, 2.75) is 33.1 Å². The molecule has 1 aliphatic heterocycles. The van der Waals surface area contributed by atoms with E-state index in [0.29, 0.717) is 12.1 Å². The van der Waals surface area contributed by atoms with Gasteiger partial charge in [0.15, 0.2) is 0 Å². The molecule has 20 heavy (non-hydrogen) atoms. The lowest BCUT2D eigenvalue weighted by atomic mass is 9.88. The molecule has 1 amide bonds. The molecule has 0 atom stereocenters. The van der Waals surface area contributed by atoms with E-state index in [2.05, 4.69) is 24.5 Å². The first-order chi connectivity index (χ1) is 9.52. The monoisotopic (exact) mass is 276 g/mol. The smallest absolute Gasteiger partial charge is 0.251 e. The van der Waals surface area contributed by atoms with Gasteiger partial charge in [0.1, 0.15) is 0 Å². The Morgan fingerprint density at radius 2 is 2.25 bits per heavy atom. The molecular formula is C16H24N2O2. The Morgan fingerprint density at radius 3 is 3.00 bits per heavy atom. The minimum atomic E-state index is -0.0291. The fraction of sp³-hybridized carbons (Fsp3) is 0.562. The first-order valence-electron chi connectivity index (χ1n) is 7.28. The van der Waals surface area contributed by atoms with Gasteiger partial charge in [-0.1, -0.05) is 19.9 Å². The van der Waals surface area contributed by atoms with Crippen LogP contribution in [0.3, 0.4) is 0 Å². The Hall–Kier alpha value is -1.55. The molecule has 1 aromatic rings. The largest absolute Gasteiger partial charge is 0.396 e. The summed E-state index contributed by atoms with van der Waals surface area (Å²) in [5.41, 5.74) is 3.08. The zero-order chi connectivity index (χ0) is 14.6. The van der Waals surface area contributed by atoms with Gasteiger partial charge in [-0.05, 0) is 42.4 Å². The van der Waals surface area contributed by atoms with E-state index >= 15 is 0 Å². The highest BCUT2D eigenvalue weighted by Crippen LogP contribution is 2.24. The molecule has 0 saturated carbocycles. The molecule has 2 rings (SSSR count). The van der Waals surface area contributed by atoms with Crippen LogP contribution < -0.4 is 10.6 Å². The fourth-order valence-corrected chi connectivity index (χ4v) is 2.50. The number of carbonyl (C=O) groups excluding carboxylic acids is 1. The second-order valence-electron chi connectivity index (χ2n) is 6.22. The third kappa shape index (κ3) is 3.73. The average molecular weight is 276 g/mol. The van der Waals surface area contributed by atoms with E-state index in [1.807, 2.05) is 18.2 Å². The Bertz CT molecular complexity index is 483. The highest BCUT2D eigenvalue weighted by Gasteiger charge is 2.19. The zero-order valence-electron chi connectivity index (χ0n) is 12.3. The number of aliphatic hydroxyl groups excluding tert-OH is 1. The predicted octanol–water partition coefficient (Wildman–Crippen LogP) is 2.18. The normalized spacial score (nSPS) is 13.8. The first kappa shape index (κ1) is 14.9. The molecular weight excluding hydrogens is 252 g/mol. The number of fused-ring (bicyclic) bond motifs is 1. The molecule has 0 aromatic heterocycles. The Balaban J connectivity index is 1.92. The van der Waals surface area contributed by atoms with Crippen LogP contribution in [0.5, 0.6) is 0 Å². The quantitative estimate of drug-likeness (QED) is 0.746. The van der Waals surface area contributed by atoms with Crippen LogP contribution in [0.2, 0.25) is 0 Å². The van der Waals surface area contributed by atoms with Gasteiger partial charge in [0.2, 0.25) is 0 Å². The van der Waals surface area contributed by atoms with E-state index in [1.165, 1.54) is 5.56 Å². The maximum absolute atomic E-state index is 12.2. The number of benzene rings is 1. The molecule has 1 aromatic carbocycles. The van der Waals surface area contributed by atoms with Crippen molar-refractivity contribution in [1.29, 1.82) is 0 Å². The van der Waals surface area contributed by atoms with Crippen LogP contribution in [-0.4, -0.2) is 30.7 Å². The van der Waals surface area contributed by atoms with Gasteiger partial charge in [-0.2, -0.15) is 0 Å². The maximum atomic E-state index is 12.2. The van der Waals surface area contributed by atoms with Crippen molar-refractivity contribution in [2.75, 3.05) is 25.0 Å². The van der Waals surface area contributed by atoms with E-state index in [4.69, 9.17) is 5.11 Å². The van der Waals surface area contributed by atoms with Crippen LogP contribution in [0, 0.1) is 5.41 Å². The number of aliphatic hydroxyl groups is 1. The number of rotatable bonds is 6. The Labute approximate surface area is 120 Å². The van der Waals surface area contributed by atoms with Crippen LogP contribution in [-0.2, 0) is 6.42 Å². The van der Waals surface area contributed by atoms with Crippen molar-refractivity contribution in [3.63, 3.8) is 0 Å². The maximum Gasteiger partial charge on any atom is 0.251 e. The van der Waals surface area contributed by atoms with E-state index in [0.717, 1.165) is 31.5 Å². The van der Waals surface area contributed by atoms with Gasteiger partial charge in [-0.25, -0.2) is 0 Å². The Morgan fingerprint density at radius 1 is 1.45 bits per heavy atom. The number of hydrogen-bond acceptors (Lipinski definition) is 3. The van der Waals surface area contributed by atoms with Crippen LogP contribution in [0.1, 0.15) is 42.6 Å². The lowest BCUT2D eigenvalue weighted by Gasteiger charge is -2.24. The van der Waals surface area contributed by atoms with E-state index < -0.39 is 0 Å². The van der Waals surface area contributed by atoms with Crippen molar-refractivity contribution >= 4 is 11.6 Å². The molecule has 0 fully saturated rings. The fourth-order valence-electron chi connectivity index (χ4n) is 2.50. The van der Waals surface area contributed by atoms with Crippen LogP contribution in [0.25, 0.3) is 0 Å². The lowest BCUT2D eigenvalue weighted by Crippen LogP contribution is -2.34. The number of nitrogens with one attached hydrogen (secondary N) is 2. The predicted molar refractivity (Wildman–Crippen MR) is 81.1 cm³/mol. The van der Waals surface area contributed by atoms with Gasteiger partial charge >= 0.3 is 0 Å². The molecule has 4 heteroatoms. The summed E-state index contributed by atoms with van der Waals surface area (Å²) < 4.78 is 0. The standard InChI is InChI=1S/C16H24N2O2/c1-16(2,7-3-9-19)11-18-15(20)13-5-4-12-6-8-17-14(12)10-13/h4-5,10,17,19H,3,6-9,11H2,1-2H3,(H,18,20). The van der Waals surface area contributed by atoms with E-state index in [-0.39, 0.29) is 17.9 Å².